The molecule has 0 saturated carbocycles. The molecule has 3 atom stereocenters. The predicted octanol–water partition coefficient (Wildman–Crippen LogP) is 5.76. The van der Waals surface area contributed by atoms with Gasteiger partial charge in [-0.1, -0.05) is 23.8 Å². The summed E-state index contributed by atoms with van der Waals surface area (Å²) in [7, 11) is 0. The number of hydrogen-bond donors (Lipinski definition) is 2. The van der Waals surface area contributed by atoms with Gasteiger partial charge in [-0.3, -0.25) is 0 Å². The van der Waals surface area contributed by atoms with Gasteiger partial charge in [-0.2, -0.15) is 6.42 Å². The van der Waals surface area contributed by atoms with Crippen molar-refractivity contribution in [3.05, 3.63) is 53.5 Å². The number of rotatable bonds is 3. The summed E-state index contributed by atoms with van der Waals surface area (Å²) in [4.78, 5) is 0. The van der Waals surface area contributed by atoms with Crippen molar-refractivity contribution >= 4 is 0 Å². The second-order valence-electron chi connectivity index (χ2n) is 7.64. The molecule has 133 valence electrons. The molecule has 25 heavy (non-hydrogen) atoms. The van der Waals surface area contributed by atoms with Crippen LogP contribution in [0.25, 0.3) is 0 Å². The quantitative estimate of drug-likeness (QED) is 0.488. The molecule has 0 saturated heterocycles. The Morgan fingerprint density at radius 3 is 2.60 bits per heavy atom. The molecule has 0 spiro atoms. The van der Waals surface area contributed by atoms with Crippen molar-refractivity contribution < 1.29 is 42.9 Å². The molecule has 0 amide bonds. The Morgan fingerprint density at radius 2 is 1.96 bits per heavy atom. The van der Waals surface area contributed by atoms with Crippen LogP contribution < -0.4 is 0 Å². The van der Waals surface area contributed by atoms with Crippen LogP contribution >= 0.6 is 0 Å². The predicted molar refractivity (Wildman–Crippen MR) is 99.5 cm³/mol. The van der Waals surface area contributed by atoms with Gasteiger partial charge in [0.25, 0.3) is 0 Å². The number of phenols is 2. The van der Waals surface area contributed by atoms with Crippen LogP contribution in [0.5, 0.6) is 11.5 Å². The maximum absolute atomic E-state index is 11.1. The zero-order valence-electron chi connectivity index (χ0n) is 15.5. The van der Waals surface area contributed by atoms with Crippen LogP contribution in [0.15, 0.2) is 29.9 Å². The monoisotopic (exact) mass is 414 g/mol. The third kappa shape index (κ3) is 3.90. The van der Waals surface area contributed by atoms with Crippen molar-refractivity contribution in [3.8, 4) is 11.5 Å². The Hall–Kier alpha value is -0.596. The smallest absolute Gasteiger partial charge is 0.126 e. The molecular weight excluding hydrogens is 385 g/mol. The van der Waals surface area contributed by atoms with Crippen molar-refractivity contribution in [2.75, 3.05) is 0 Å². The Kier molecular flexibility index (Phi) is 6.96. The van der Waals surface area contributed by atoms with Gasteiger partial charge in [0.1, 0.15) is 11.5 Å². The van der Waals surface area contributed by atoms with Gasteiger partial charge in [0.05, 0.1) is 0 Å². The van der Waals surface area contributed by atoms with E-state index in [-0.39, 0.29) is 50.3 Å². The molecule has 2 aliphatic rings. The van der Waals surface area contributed by atoms with E-state index in [4.69, 9.17) is 0 Å². The first kappa shape index (κ1) is 20.7. The van der Waals surface area contributed by atoms with Crippen molar-refractivity contribution in [2.45, 2.75) is 64.2 Å². The Balaban J connectivity index is 0.00000225. The Morgan fingerprint density at radius 1 is 1.24 bits per heavy atom. The van der Waals surface area contributed by atoms with Gasteiger partial charge in [-0.15, -0.1) is 0 Å². The van der Waals surface area contributed by atoms with Gasteiger partial charge in [0, 0.05) is 44.2 Å². The van der Waals surface area contributed by atoms with E-state index in [1.165, 1.54) is 5.57 Å². The Labute approximate surface area is 177 Å². The number of aromatic hydroxyl groups is 2. The van der Waals surface area contributed by atoms with Gasteiger partial charge in [-0.25, -0.2) is 0 Å². The van der Waals surface area contributed by atoms with E-state index in [1.807, 2.05) is 6.07 Å². The number of aryl methyl sites for hydroxylation is 1. The van der Waals surface area contributed by atoms with Gasteiger partial charge in [-0.05, 0) is 75.0 Å². The molecule has 3 heteroatoms. The number of hydrogen-bond acceptors (Lipinski definition) is 2. The minimum absolute atomic E-state index is 0. The molecule has 0 bridgehead atoms. The number of phenolic OH excluding ortho intramolecular Hbond substituents is 2. The fraction of sp³-hybridized carbons (Fsp3) is 0.500. The second-order valence-corrected chi connectivity index (χ2v) is 7.64. The number of benzene rings is 1. The summed E-state index contributed by atoms with van der Waals surface area (Å²) in [5, 5.41) is 21.8. The van der Waals surface area contributed by atoms with E-state index in [0.717, 1.165) is 55.2 Å². The van der Waals surface area contributed by atoms with Crippen LogP contribution in [0.3, 0.4) is 0 Å². The molecule has 0 heterocycles. The summed E-state index contributed by atoms with van der Waals surface area (Å²) in [6.45, 7) is 12.4. The van der Waals surface area contributed by atoms with Gasteiger partial charge < -0.3 is 17.1 Å². The van der Waals surface area contributed by atoms with Gasteiger partial charge >= 0.3 is 0 Å². The molecule has 0 fully saturated rings. The van der Waals surface area contributed by atoms with E-state index in [2.05, 4.69) is 33.4 Å². The van der Waals surface area contributed by atoms with E-state index in [1.54, 1.807) is 0 Å². The first-order valence-electron chi connectivity index (χ1n) is 9.13. The van der Waals surface area contributed by atoms with Crippen LogP contribution in [0.2, 0.25) is 0 Å². The number of allylic oxidation sites excluding steroid dienone is 3. The summed E-state index contributed by atoms with van der Waals surface area (Å²) >= 11 is 0. The molecule has 0 aliphatic heterocycles. The van der Waals surface area contributed by atoms with Crippen molar-refractivity contribution in [1.82, 2.24) is 0 Å². The SMILES string of the molecule is C=C(C)[C@@H]1CCC(C)=C[C@H]1c1c(O)cc2c(c1O)[C@H](C[CH2-])CCC2.[Y]. The van der Waals surface area contributed by atoms with Crippen LogP contribution in [-0.4, -0.2) is 10.2 Å². The maximum Gasteiger partial charge on any atom is 0.126 e. The molecule has 0 aromatic heterocycles. The van der Waals surface area contributed by atoms with Crippen molar-refractivity contribution in [2.24, 2.45) is 5.92 Å². The van der Waals surface area contributed by atoms with E-state index >= 15 is 0 Å². The molecule has 2 aliphatic carbocycles. The molecule has 3 rings (SSSR count). The number of fused-ring (bicyclic) bond motifs is 1. The molecule has 0 unspecified atom stereocenters. The van der Waals surface area contributed by atoms with Crippen molar-refractivity contribution in [1.29, 1.82) is 0 Å². The fourth-order valence-corrected chi connectivity index (χ4v) is 4.61. The average molecular weight is 414 g/mol. The zero-order valence-corrected chi connectivity index (χ0v) is 18.4. The first-order chi connectivity index (χ1) is 11.4. The van der Waals surface area contributed by atoms with Crippen LogP contribution in [0.1, 0.15) is 74.5 Å². The largest absolute Gasteiger partial charge is 0.507 e. The average Bonchev–Trinajstić information content (AvgIpc) is 2.53. The van der Waals surface area contributed by atoms with Crippen LogP contribution in [-0.2, 0) is 39.1 Å². The fourth-order valence-electron chi connectivity index (χ4n) is 4.61. The summed E-state index contributed by atoms with van der Waals surface area (Å²) in [6.07, 6.45) is 8.18. The summed E-state index contributed by atoms with van der Waals surface area (Å²) < 4.78 is 0. The van der Waals surface area contributed by atoms with E-state index in [0.29, 0.717) is 17.2 Å². The molecule has 2 N–H and O–H groups in total. The summed E-state index contributed by atoms with van der Waals surface area (Å²) in [5.74, 6) is 1.11. The van der Waals surface area contributed by atoms with E-state index < -0.39 is 0 Å². The third-order valence-corrected chi connectivity index (χ3v) is 5.91. The molecule has 1 aromatic carbocycles. The minimum atomic E-state index is 0. The Bertz CT molecular complexity index is 690. The molecular formula is C22H29O2Y-. The topological polar surface area (TPSA) is 40.5 Å². The molecule has 1 radical (unpaired) electrons. The van der Waals surface area contributed by atoms with Crippen molar-refractivity contribution in [3.63, 3.8) is 0 Å². The molecule has 2 nitrogen and oxygen atoms in total. The van der Waals surface area contributed by atoms with Gasteiger partial charge in [0.2, 0.25) is 0 Å². The summed E-state index contributed by atoms with van der Waals surface area (Å²) in [5.41, 5.74) is 5.26. The standard InChI is InChI=1S/C22H29O2.Y/c1-5-15-7-6-8-16-12-19(23)21(22(24)20(15)16)18-11-14(4)9-10-17(18)13(2)3;/h11-12,15,17-18,23-24H,1-2,5-10H2,3-4H3;/q-1;/t15-,17+,18-;/m1./s1. The first-order valence-corrected chi connectivity index (χ1v) is 9.13. The minimum Gasteiger partial charge on any atom is -0.507 e. The maximum atomic E-state index is 11.1. The zero-order chi connectivity index (χ0) is 17.4. The third-order valence-electron chi connectivity index (χ3n) is 5.91. The normalized spacial score (nSPS) is 25.6. The second kappa shape index (κ2) is 8.40. The van der Waals surface area contributed by atoms with E-state index in [9.17, 15) is 10.2 Å². The van der Waals surface area contributed by atoms with Crippen LogP contribution in [0.4, 0.5) is 0 Å². The van der Waals surface area contributed by atoms with Crippen LogP contribution in [0, 0.1) is 12.8 Å². The van der Waals surface area contributed by atoms with Gasteiger partial charge in [0.15, 0.2) is 0 Å². The molecule has 1 aromatic rings. The summed E-state index contributed by atoms with van der Waals surface area (Å²) in [6, 6.07) is 1.89.